The van der Waals surface area contributed by atoms with E-state index >= 15 is 0 Å². The Balaban J connectivity index is 1.80. The van der Waals surface area contributed by atoms with Gasteiger partial charge in [0.1, 0.15) is 0 Å². The van der Waals surface area contributed by atoms with Crippen LogP contribution in [0, 0.1) is 0 Å². The minimum absolute atomic E-state index is 0.504. The van der Waals surface area contributed by atoms with Crippen molar-refractivity contribution in [2.75, 3.05) is 18.0 Å². The summed E-state index contributed by atoms with van der Waals surface area (Å²) in [7, 11) is 0. The van der Waals surface area contributed by atoms with E-state index in [0.717, 1.165) is 19.4 Å². The van der Waals surface area contributed by atoms with E-state index in [1.165, 1.54) is 11.3 Å². The predicted molar refractivity (Wildman–Crippen MR) is 77.6 cm³/mol. The predicted octanol–water partition coefficient (Wildman–Crippen LogP) is 2.08. The number of hydrogen-bond acceptors (Lipinski definition) is 5. The molecule has 2 aromatic rings. The maximum absolute atomic E-state index is 5.73. The van der Waals surface area contributed by atoms with Gasteiger partial charge in [0.15, 0.2) is 0 Å². The first kappa shape index (κ1) is 13.1. The summed E-state index contributed by atoms with van der Waals surface area (Å²) in [4.78, 5) is 2.31. The summed E-state index contributed by atoms with van der Waals surface area (Å²) in [5.74, 6) is 1.89. The smallest absolute Gasteiger partial charge is 0.235 e. The number of nitrogens with zero attached hydrogens (tertiary/aromatic N) is 3. The molecular weight excluding hydrogens is 252 g/mol. The van der Waals surface area contributed by atoms with E-state index in [1.54, 1.807) is 0 Å². The molecule has 0 radical (unpaired) electrons. The normalized spacial score (nSPS) is 17.5. The van der Waals surface area contributed by atoms with Crippen molar-refractivity contribution >= 4 is 5.69 Å². The van der Waals surface area contributed by atoms with Crippen molar-refractivity contribution < 1.29 is 4.42 Å². The molecule has 0 aliphatic carbocycles. The maximum atomic E-state index is 5.73. The van der Waals surface area contributed by atoms with Crippen LogP contribution in [0.5, 0.6) is 0 Å². The molecule has 1 unspecified atom stereocenters. The van der Waals surface area contributed by atoms with Crippen LogP contribution in [-0.2, 0) is 13.0 Å². The van der Waals surface area contributed by atoms with Crippen LogP contribution in [0.2, 0.25) is 0 Å². The van der Waals surface area contributed by atoms with Gasteiger partial charge in [-0.1, -0.05) is 25.1 Å². The van der Waals surface area contributed by atoms with Crippen molar-refractivity contribution in [3.05, 3.63) is 41.6 Å². The van der Waals surface area contributed by atoms with Gasteiger partial charge in [-0.05, 0) is 24.6 Å². The van der Waals surface area contributed by atoms with E-state index in [0.29, 0.717) is 30.8 Å². The summed E-state index contributed by atoms with van der Waals surface area (Å²) in [5, 5.41) is 8.14. The first-order valence-electron chi connectivity index (χ1n) is 7.17. The fourth-order valence-electron chi connectivity index (χ4n) is 2.84. The number of rotatable bonds is 5. The summed E-state index contributed by atoms with van der Waals surface area (Å²) in [5.41, 5.74) is 8.37. The number of nitrogens with two attached hydrogens (primary N) is 1. The van der Waals surface area contributed by atoms with Gasteiger partial charge in [-0.25, -0.2) is 0 Å². The highest BCUT2D eigenvalue weighted by atomic mass is 16.4. The summed E-state index contributed by atoms with van der Waals surface area (Å²) in [6.45, 7) is 4.37. The van der Waals surface area contributed by atoms with E-state index in [2.05, 4.69) is 39.4 Å². The van der Waals surface area contributed by atoms with Gasteiger partial charge >= 0.3 is 0 Å². The molecule has 1 aliphatic rings. The lowest BCUT2D eigenvalue weighted by molar-refractivity contribution is 0.448. The molecule has 20 heavy (non-hydrogen) atoms. The number of anilines is 1. The minimum atomic E-state index is 0.504. The number of benzene rings is 1. The Bertz CT molecular complexity index is 581. The van der Waals surface area contributed by atoms with Crippen molar-refractivity contribution in [1.82, 2.24) is 10.2 Å². The summed E-state index contributed by atoms with van der Waals surface area (Å²) in [6, 6.07) is 8.51. The van der Waals surface area contributed by atoms with E-state index in [-0.39, 0.29) is 0 Å². The zero-order valence-corrected chi connectivity index (χ0v) is 11.7. The fraction of sp³-hybridized carbons (Fsp3) is 0.467. The quantitative estimate of drug-likeness (QED) is 0.902. The number of fused-ring (bicyclic) bond motifs is 1. The Morgan fingerprint density at radius 3 is 2.85 bits per heavy atom. The van der Waals surface area contributed by atoms with Crippen LogP contribution in [0.15, 0.2) is 28.7 Å². The first-order chi connectivity index (χ1) is 9.81. The zero-order valence-electron chi connectivity index (χ0n) is 11.7. The van der Waals surface area contributed by atoms with Gasteiger partial charge in [-0.2, -0.15) is 0 Å². The molecule has 1 aromatic heterocycles. The van der Waals surface area contributed by atoms with Crippen molar-refractivity contribution in [3.8, 4) is 0 Å². The standard InChI is InChI=1S/C15H20N4O/c1-2-14-17-18-15(20-14)10-19-9-11(7-8-16)12-5-3-4-6-13(12)19/h3-6,11H,2,7-10,16H2,1H3. The molecule has 1 aliphatic heterocycles. The van der Waals surface area contributed by atoms with Gasteiger partial charge in [0, 0.05) is 24.6 Å². The molecule has 0 spiro atoms. The Hall–Kier alpha value is -1.88. The lowest BCUT2D eigenvalue weighted by Crippen LogP contribution is -2.22. The van der Waals surface area contributed by atoms with Crippen molar-refractivity contribution in [2.45, 2.75) is 32.2 Å². The molecule has 0 amide bonds. The molecule has 1 aromatic carbocycles. The van der Waals surface area contributed by atoms with Crippen LogP contribution < -0.4 is 10.6 Å². The molecule has 5 nitrogen and oxygen atoms in total. The van der Waals surface area contributed by atoms with Crippen molar-refractivity contribution in [2.24, 2.45) is 5.73 Å². The molecule has 1 atom stereocenters. The molecule has 2 heterocycles. The third-order valence-electron chi connectivity index (χ3n) is 3.81. The largest absolute Gasteiger partial charge is 0.423 e. The first-order valence-corrected chi connectivity index (χ1v) is 7.17. The second-order valence-electron chi connectivity index (χ2n) is 5.16. The van der Waals surface area contributed by atoms with Gasteiger partial charge in [-0.15, -0.1) is 10.2 Å². The molecule has 0 saturated heterocycles. The highest BCUT2D eigenvalue weighted by Gasteiger charge is 2.28. The van der Waals surface area contributed by atoms with Gasteiger partial charge in [-0.3, -0.25) is 0 Å². The average Bonchev–Trinajstić information content (AvgIpc) is 3.06. The van der Waals surface area contributed by atoms with Crippen LogP contribution in [-0.4, -0.2) is 23.3 Å². The summed E-state index contributed by atoms with van der Waals surface area (Å²) >= 11 is 0. The second kappa shape index (κ2) is 5.63. The molecule has 2 N–H and O–H groups in total. The van der Waals surface area contributed by atoms with Crippen molar-refractivity contribution in [1.29, 1.82) is 0 Å². The lowest BCUT2D eigenvalue weighted by Gasteiger charge is -2.17. The fourth-order valence-corrected chi connectivity index (χ4v) is 2.84. The number of aromatic nitrogens is 2. The molecule has 5 heteroatoms. The number of para-hydroxylation sites is 1. The van der Waals surface area contributed by atoms with Gasteiger partial charge in [0.25, 0.3) is 0 Å². The Morgan fingerprint density at radius 2 is 2.10 bits per heavy atom. The van der Waals surface area contributed by atoms with E-state index < -0.39 is 0 Å². The van der Waals surface area contributed by atoms with Crippen LogP contribution in [0.3, 0.4) is 0 Å². The van der Waals surface area contributed by atoms with Crippen LogP contribution in [0.4, 0.5) is 5.69 Å². The van der Waals surface area contributed by atoms with E-state index in [1.807, 2.05) is 6.92 Å². The minimum Gasteiger partial charge on any atom is -0.423 e. The van der Waals surface area contributed by atoms with Gasteiger partial charge < -0.3 is 15.1 Å². The van der Waals surface area contributed by atoms with E-state index in [9.17, 15) is 0 Å². The summed E-state index contributed by atoms with van der Waals surface area (Å²) < 4.78 is 5.62. The number of aryl methyl sites for hydroxylation is 1. The van der Waals surface area contributed by atoms with Crippen LogP contribution in [0.25, 0.3) is 0 Å². The van der Waals surface area contributed by atoms with E-state index in [4.69, 9.17) is 10.2 Å². The Kier molecular flexibility index (Phi) is 3.69. The molecule has 0 fully saturated rings. The topological polar surface area (TPSA) is 68.2 Å². The molecular formula is C15H20N4O. The lowest BCUT2D eigenvalue weighted by atomic mass is 9.98. The second-order valence-corrected chi connectivity index (χ2v) is 5.16. The van der Waals surface area contributed by atoms with Crippen molar-refractivity contribution in [3.63, 3.8) is 0 Å². The van der Waals surface area contributed by atoms with Crippen LogP contribution >= 0.6 is 0 Å². The average molecular weight is 272 g/mol. The number of hydrogen-bond donors (Lipinski definition) is 1. The molecule has 0 saturated carbocycles. The Morgan fingerprint density at radius 1 is 1.30 bits per heavy atom. The third kappa shape index (κ3) is 2.41. The summed E-state index contributed by atoms with van der Waals surface area (Å²) in [6.07, 6.45) is 1.79. The van der Waals surface area contributed by atoms with Gasteiger partial charge in [0.2, 0.25) is 11.8 Å². The molecule has 0 bridgehead atoms. The van der Waals surface area contributed by atoms with Gasteiger partial charge in [0.05, 0.1) is 6.54 Å². The highest BCUT2D eigenvalue weighted by Crippen LogP contribution is 2.38. The monoisotopic (exact) mass is 272 g/mol. The maximum Gasteiger partial charge on any atom is 0.235 e. The SMILES string of the molecule is CCc1nnc(CN2CC(CCN)c3ccccc32)o1. The van der Waals surface area contributed by atoms with Crippen LogP contribution in [0.1, 0.15) is 36.6 Å². The zero-order chi connectivity index (χ0) is 13.9. The highest BCUT2D eigenvalue weighted by molar-refractivity contribution is 5.60. The molecule has 3 rings (SSSR count). The third-order valence-corrected chi connectivity index (χ3v) is 3.81. The Labute approximate surface area is 118 Å². The molecule has 106 valence electrons.